The van der Waals surface area contributed by atoms with Gasteiger partial charge in [0.2, 0.25) is 11.8 Å². The van der Waals surface area contributed by atoms with Crippen LogP contribution in [-0.2, 0) is 14.4 Å². The Kier molecular flexibility index (Phi) is 7.07. The smallest absolute Gasteiger partial charge is 0.262 e. The molecule has 0 radical (unpaired) electrons. The Morgan fingerprint density at radius 1 is 1.16 bits per heavy atom. The fraction of sp³-hybridized carbons (Fsp3) is 0.292. The minimum atomic E-state index is -0.377. The predicted octanol–water partition coefficient (Wildman–Crippen LogP) is 2.98. The summed E-state index contributed by atoms with van der Waals surface area (Å²) in [6, 6.07) is 12.7. The monoisotopic (exact) mass is 421 g/mol. The number of benzene rings is 2. The molecule has 1 saturated heterocycles. The molecular weight excluding hydrogens is 394 g/mol. The van der Waals surface area contributed by atoms with Gasteiger partial charge in [0.05, 0.1) is 5.92 Å². The van der Waals surface area contributed by atoms with Gasteiger partial charge in [0.25, 0.3) is 5.91 Å². The number of anilines is 2. The normalized spacial score (nSPS) is 15.5. The first-order chi connectivity index (χ1) is 14.9. The van der Waals surface area contributed by atoms with Gasteiger partial charge in [0.15, 0.2) is 6.61 Å². The summed E-state index contributed by atoms with van der Waals surface area (Å²) >= 11 is 0. The van der Waals surface area contributed by atoms with Crippen LogP contribution in [0.5, 0.6) is 5.75 Å². The highest BCUT2D eigenvalue weighted by molar-refractivity contribution is 6.00. The second-order valence-corrected chi connectivity index (χ2v) is 7.65. The molecule has 7 nitrogen and oxygen atoms in total. The van der Waals surface area contributed by atoms with Crippen LogP contribution in [0.25, 0.3) is 0 Å². The van der Waals surface area contributed by atoms with Crippen molar-refractivity contribution in [2.45, 2.75) is 20.3 Å². The summed E-state index contributed by atoms with van der Waals surface area (Å²) in [6.45, 7) is 8.11. The number of hydrogen-bond acceptors (Lipinski definition) is 4. The van der Waals surface area contributed by atoms with Gasteiger partial charge in [-0.15, -0.1) is 6.58 Å². The van der Waals surface area contributed by atoms with E-state index in [9.17, 15) is 14.4 Å². The maximum Gasteiger partial charge on any atom is 0.262 e. The maximum absolute atomic E-state index is 12.3. The van der Waals surface area contributed by atoms with Crippen molar-refractivity contribution in [2.24, 2.45) is 5.92 Å². The van der Waals surface area contributed by atoms with Crippen molar-refractivity contribution < 1.29 is 19.1 Å². The number of carbonyl (C=O) groups is 3. The van der Waals surface area contributed by atoms with Gasteiger partial charge in [0, 0.05) is 30.9 Å². The number of rotatable bonds is 8. The molecule has 0 unspecified atom stereocenters. The number of hydrogen-bond donors (Lipinski definition) is 2. The Labute approximate surface area is 182 Å². The summed E-state index contributed by atoms with van der Waals surface area (Å²) < 4.78 is 5.56. The fourth-order valence-corrected chi connectivity index (χ4v) is 3.56. The molecular formula is C24H27N3O4. The number of amides is 3. The first-order valence-electron chi connectivity index (χ1n) is 10.2. The summed E-state index contributed by atoms with van der Waals surface area (Å²) in [6.07, 6.45) is 1.78. The molecule has 3 amide bonds. The van der Waals surface area contributed by atoms with E-state index in [-0.39, 0.29) is 36.7 Å². The van der Waals surface area contributed by atoms with E-state index < -0.39 is 0 Å². The largest absolute Gasteiger partial charge is 0.484 e. The van der Waals surface area contributed by atoms with Crippen LogP contribution in [0.15, 0.2) is 55.1 Å². The molecule has 1 aliphatic heterocycles. The molecule has 2 aromatic rings. The summed E-state index contributed by atoms with van der Waals surface area (Å²) in [5, 5.41) is 5.56. The zero-order valence-corrected chi connectivity index (χ0v) is 17.8. The molecule has 2 N–H and O–H groups in total. The maximum atomic E-state index is 12.3. The molecule has 1 fully saturated rings. The second-order valence-electron chi connectivity index (χ2n) is 7.65. The lowest BCUT2D eigenvalue weighted by atomic mass is 10.1. The minimum Gasteiger partial charge on any atom is -0.484 e. The van der Waals surface area contributed by atoms with Gasteiger partial charge in [-0.25, -0.2) is 0 Å². The predicted molar refractivity (Wildman–Crippen MR) is 120 cm³/mol. The number of nitrogens with zero attached hydrogens (tertiary/aromatic N) is 1. The van der Waals surface area contributed by atoms with Gasteiger partial charge in [-0.3, -0.25) is 14.4 Å². The van der Waals surface area contributed by atoms with Crippen molar-refractivity contribution in [3.05, 3.63) is 66.2 Å². The molecule has 162 valence electrons. The zero-order valence-electron chi connectivity index (χ0n) is 17.8. The zero-order chi connectivity index (χ0) is 22.4. The molecule has 1 heterocycles. The van der Waals surface area contributed by atoms with Gasteiger partial charge in [-0.05, 0) is 61.4 Å². The Bertz CT molecular complexity index is 965. The lowest BCUT2D eigenvalue weighted by molar-refractivity contribution is -0.126. The highest BCUT2D eigenvalue weighted by atomic mass is 16.5. The van der Waals surface area contributed by atoms with Gasteiger partial charge in [0.1, 0.15) is 5.75 Å². The standard InChI is InChI=1S/C24H27N3O4/c1-4-9-25-24(30)18-13-23(29)27(14-18)20-5-7-21(8-6-20)31-15-22(28)26-19-11-16(2)10-17(3)12-19/h4-8,10-12,18H,1,9,13-15H2,2-3H3,(H,25,30)(H,26,28)/t18-/m0/s1. The molecule has 7 heteroatoms. The van der Waals surface area contributed by atoms with Crippen LogP contribution in [0.1, 0.15) is 17.5 Å². The summed E-state index contributed by atoms with van der Waals surface area (Å²) in [7, 11) is 0. The van der Waals surface area contributed by atoms with Crippen molar-refractivity contribution in [1.29, 1.82) is 0 Å². The van der Waals surface area contributed by atoms with E-state index in [1.165, 1.54) is 0 Å². The van der Waals surface area contributed by atoms with Crippen LogP contribution in [0.3, 0.4) is 0 Å². The molecule has 0 bridgehead atoms. The molecule has 0 aromatic heterocycles. The van der Waals surface area contributed by atoms with E-state index in [1.807, 2.05) is 32.0 Å². The number of nitrogens with one attached hydrogen (secondary N) is 2. The van der Waals surface area contributed by atoms with Gasteiger partial charge in [-0.2, -0.15) is 0 Å². The molecule has 0 saturated carbocycles. The van der Waals surface area contributed by atoms with Crippen LogP contribution in [-0.4, -0.2) is 37.4 Å². The third-order valence-electron chi connectivity index (χ3n) is 4.94. The molecule has 0 aliphatic carbocycles. The highest BCUT2D eigenvalue weighted by Gasteiger charge is 2.34. The summed E-state index contributed by atoms with van der Waals surface area (Å²) in [5.41, 5.74) is 3.57. The van der Waals surface area contributed by atoms with Crippen molar-refractivity contribution >= 4 is 29.1 Å². The van der Waals surface area contributed by atoms with E-state index in [0.29, 0.717) is 24.5 Å². The Balaban J connectivity index is 1.53. The van der Waals surface area contributed by atoms with Gasteiger partial charge >= 0.3 is 0 Å². The average Bonchev–Trinajstić information content (AvgIpc) is 3.12. The average molecular weight is 421 g/mol. The van der Waals surface area contributed by atoms with E-state index in [0.717, 1.165) is 16.8 Å². The SMILES string of the molecule is C=CCNC(=O)[C@H]1CC(=O)N(c2ccc(OCC(=O)Nc3cc(C)cc(C)c3)cc2)C1. The third kappa shape index (κ3) is 5.94. The number of aryl methyl sites for hydroxylation is 2. The van der Waals surface area contributed by atoms with Crippen molar-refractivity contribution in [3.63, 3.8) is 0 Å². The first kappa shape index (κ1) is 22.1. The lowest BCUT2D eigenvalue weighted by Gasteiger charge is -2.17. The molecule has 31 heavy (non-hydrogen) atoms. The Morgan fingerprint density at radius 2 is 1.84 bits per heavy atom. The van der Waals surface area contributed by atoms with E-state index in [2.05, 4.69) is 17.2 Å². The number of carbonyl (C=O) groups excluding carboxylic acids is 3. The van der Waals surface area contributed by atoms with Crippen LogP contribution < -0.4 is 20.3 Å². The fourth-order valence-electron chi connectivity index (χ4n) is 3.56. The van der Waals surface area contributed by atoms with Crippen LogP contribution in [0.4, 0.5) is 11.4 Å². The van der Waals surface area contributed by atoms with Crippen LogP contribution in [0.2, 0.25) is 0 Å². The molecule has 1 atom stereocenters. The summed E-state index contributed by atoms with van der Waals surface area (Å²) in [5.74, 6) is -0.355. The molecule has 2 aromatic carbocycles. The first-order valence-corrected chi connectivity index (χ1v) is 10.2. The lowest BCUT2D eigenvalue weighted by Crippen LogP contribution is -2.32. The van der Waals surface area contributed by atoms with Gasteiger partial charge < -0.3 is 20.3 Å². The van der Waals surface area contributed by atoms with Crippen molar-refractivity contribution in [1.82, 2.24) is 5.32 Å². The van der Waals surface area contributed by atoms with Crippen LogP contribution >= 0.6 is 0 Å². The highest BCUT2D eigenvalue weighted by Crippen LogP contribution is 2.27. The topological polar surface area (TPSA) is 87.7 Å². The number of ether oxygens (including phenoxy) is 1. The van der Waals surface area contributed by atoms with Crippen molar-refractivity contribution in [3.8, 4) is 5.75 Å². The van der Waals surface area contributed by atoms with E-state index in [4.69, 9.17) is 4.74 Å². The van der Waals surface area contributed by atoms with Crippen LogP contribution in [0, 0.1) is 19.8 Å². The molecule has 0 spiro atoms. The quantitative estimate of drug-likeness (QED) is 0.642. The summed E-state index contributed by atoms with van der Waals surface area (Å²) in [4.78, 5) is 38.2. The molecule has 3 rings (SSSR count). The van der Waals surface area contributed by atoms with E-state index in [1.54, 1.807) is 35.2 Å². The second kappa shape index (κ2) is 9.93. The third-order valence-corrected chi connectivity index (χ3v) is 4.94. The minimum absolute atomic E-state index is 0.0970. The van der Waals surface area contributed by atoms with Gasteiger partial charge in [-0.1, -0.05) is 12.1 Å². The Hall–Kier alpha value is -3.61. The van der Waals surface area contributed by atoms with E-state index >= 15 is 0 Å². The van der Waals surface area contributed by atoms with Crippen molar-refractivity contribution in [2.75, 3.05) is 29.9 Å². The Morgan fingerprint density at radius 3 is 2.48 bits per heavy atom. The molecule has 1 aliphatic rings.